The third kappa shape index (κ3) is 4.56. The second-order valence-corrected chi connectivity index (χ2v) is 6.34. The predicted octanol–water partition coefficient (Wildman–Crippen LogP) is 6.66. The van der Waals surface area contributed by atoms with Gasteiger partial charge in [0.1, 0.15) is 11.7 Å². The van der Waals surface area contributed by atoms with Crippen LogP contribution in [0, 0.1) is 6.92 Å². The number of carbonyl (C=O) groups is 1. The first kappa shape index (κ1) is 20.3. The van der Waals surface area contributed by atoms with Crippen molar-refractivity contribution in [2.45, 2.75) is 19.0 Å². The van der Waals surface area contributed by atoms with Crippen LogP contribution in [-0.2, 0) is 0 Å². The normalized spacial score (nSPS) is 13.6. The van der Waals surface area contributed by atoms with Gasteiger partial charge in [0.2, 0.25) is 0 Å². The second kappa shape index (κ2) is 7.68. The van der Waals surface area contributed by atoms with Crippen molar-refractivity contribution in [3.8, 4) is 0 Å². The van der Waals surface area contributed by atoms with Crippen LogP contribution in [-0.4, -0.2) is 17.3 Å². The predicted molar refractivity (Wildman–Crippen MR) is 92.5 cm³/mol. The van der Waals surface area contributed by atoms with Gasteiger partial charge >= 0.3 is 12.1 Å². The summed E-state index contributed by atoms with van der Waals surface area (Å²) in [7, 11) is 0. The average Bonchev–Trinajstić information content (AvgIpc) is 2.56. The van der Waals surface area contributed by atoms with Crippen molar-refractivity contribution >= 4 is 35.0 Å². The number of hydrogen-bond donors (Lipinski definition) is 1. The Labute approximate surface area is 156 Å². The molecule has 1 unspecified atom stereocenters. The number of aromatic carboxylic acids is 1. The van der Waals surface area contributed by atoms with Crippen molar-refractivity contribution in [1.29, 1.82) is 0 Å². The highest BCUT2D eigenvalue weighted by Crippen LogP contribution is 2.41. The maximum atomic E-state index is 14.4. The molecule has 0 aliphatic heterocycles. The zero-order valence-corrected chi connectivity index (χ0v) is 14.8. The van der Waals surface area contributed by atoms with Gasteiger partial charge in [-0.25, -0.2) is 9.18 Å². The van der Waals surface area contributed by atoms with E-state index < -0.39 is 23.9 Å². The van der Waals surface area contributed by atoms with Gasteiger partial charge in [-0.3, -0.25) is 0 Å². The van der Waals surface area contributed by atoms with E-state index in [9.17, 15) is 22.4 Å². The van der Waals surface area contributed by atoms with E-state index in [0.29, 0.717) is 11.6 Å². The van der Waals surface area contributed by atoms with Gasteiger partial charge in [0.15, 0.2) is 0 Å². The van der Waals surface area contributed by atoms with Gasteiger partial charge in [-0.05, 0) is 42.3 Å². The summed E-state index contributed by atoms with van der Waals surface area (Å²) in [5.41, 5.74) is -0.181. The van der Waals surface area contributed by atoms with E-state index in [2.05, 4.69) is 0 Å². The number of benzene rings is 2. The van der Waals surface area contributed by atoms with Crippen LogP contribution in [0.1, 0.15) is 33.0 Å². The van der Waals surface area contributed by atoms with Crippen molar-refractivity contribution < 1.29 is 27.5 Å². The van der Waals surface area contributed by atoms with Crippen molar-refractivity contribution in [2.24, 2.45) is 0 Å². The highest BCUT2D eigenvalue weighted by molar-refractivity contribution is 6.42. The summed E-state index contributed by atoms with van der Waals surface area (Å²) in [5.74, 6) is -4.59. The molecule has 0 fully saturated rings. The highest BCUT2D eigenvalue weighted by Gasteiger charge is 2.40. The van der Waals surface area contributed by atoms with Gasteiger partial charge in [-0.15, -0.1) is 0 Å². The Morgan fingerprint density at radius 2 is 1.65 bits per heavy atom. The third-order valence-electron chi connectivity index (χ3n) is 3.66. The number of allylic oxidation sites excluding steroid dienone is 1. The Kier molecular flexibility index (Phi) is 5.98. The Hall–Kier alpha value is -2.05. The molecule has 26 heavy (non-hydrogen) atoms. The largest absolute Gasteiger partial charge is 0.478 e. The molecule has 0 amide bonds. The molecule has 0 saturated heterocycles. The summed E-state index contributed by atoms with van der Waals surface area (Å²) in [6.45, 7) is 1.50. The summed E-state index contributed by atoms with van der Waals surface area (Å²) in [5, 5.41) is 8.88. The molecular formula is C18H12Cl2F4O2. The van der Waals surface area contributed by atoms with Gasteiger partial charge in [-0.1, -0.05) is 41.4 Å². The van der Waals surface area contributed by atoms with Crippen LogP contribution in [0.15, 0.2) is 42.5 Å². The lowest BCUT2D eigenvalue weighted by molar-refractivity contribution is -0.139. The molecule has 138 valence electrons. The van der Waals surface area contributed by atoms with Crippen LogP contribution >= 0.6 is 23.2 Å². The van der Waals surface area contributed by atoms with Crippen LogP contribution < -0.4 is 0 Å². The first-order valence-corrected chi connectivity index (χ1v) is 7.99. The molecule has 2 aromatic carbocycles. The number of halogens is 6. The summed E-state index contributed by atoms with van der Waals surface area (Å²) in [4.78, 5) is 10.8. The topological polar surface area (TPSA) is 37.3 Å². The van der Waals surface area contributed by atoms with E-state index in [1.807, 2.05) is 0 Å². The minimum atomic E-state index is -4.76. The molecule has 0 bridgehead atoms. The minimum absolute atomic E-state index is 0.0597. The van der Waals surface area contributed by atoms with Crippen molar-refractivity contribution in [2.75, 3.05) is 0 Å². The molecule has 0 radical (unpaired) electrons. The Morgan fingerprint density at radius 1 is 1.12 bits per heavy atom. The number of rotatable bonds is 4. The molecule has 2 nitrogen and oxygen atoms in total. The van der Waals surface area contributed by atoms with Gasteiger partial charge < -0.3 is 5.11 Å². The highest BCUT2D eigenvalue weighted by atomic mass is 35.5. The monoisotopic (exact) mass is 406 g/mol. The lowest BCUT2D eigenvalue weighted by Gasteiger charge is -2.19. The lowest BCUT2D eigenvalue weighted by atomic mass is 9.95. The van der Waals surface area contributed by atoms with Gasteiger partial charge in [-0.2, -0.15) is 13.2 Å². The van der Waals surface area contributed by atoms with Crippen molar-refractivity contribution in [3.05, 3.63) is 74.8 Å². The number of carboxylic acids is 1. The standard InChI is InChI=1S/C18H12Cl2F4O2/c1-9-6-12(7-14(19)16(9)20)13(18(22,23)24)8-15(21)10-2-4-11(5-3-10)17(25)26/h2-8,13H,1H3,(H,25,26)/b15-8-. The first-order chi connectivity index (χ1) is 12.0. The molecule has 8 heteroatoms. The SMILES string of the molecule is Cc1cc(C(/C=C(\F)c2ccc(C(=O)O)cc2)C(F)(F)F)cc(Cl)c1Cl. The van der Waals surface area contributed by atoms with Gasteiger partial charge in [0.05, 0.1) is 15.6 Å². The Morgan fingerprint density at radius 3 is 2.12 bits per heavy atom. The Bertz CT molecular complexity index is 835. The number of aryl methyl sites for hydroxylation is 1. The summed E-state index contributed by atoms with van der Waals surface area (Å²) < 4.78 is 54.7. The molecule has 1 N–H and O–H groups in total. The summed E-state index contributed by atoms with van der Waals surface area (Å²) in [6, 6.07) is 6.66. The average molecular weight is 407 g/mol. The van der Waals surface area contributed by atoms with E-state index in [4.69, 9.17) is 28.3 Å². The van der Waals surface area contributed by atoms with Crippen LogP contribution in [0.2, 0.25) is 10.0 Å². The minimum Gasteiger partial charge on any atom is -0.478 e. The molecule has 0 heterocycles. The van der Waals surface area contributed by atoms with E-state index in [1.54, 1.807) is 0 Å². The quantitative estimate of drug-likeness (QED) is 0.576. The molecular weight excluding hydrogens is 395 g/mol. The fourth-order valence-corrected chi connectivity index (χ4v) is 2.71. The molecule has 2 aromatic rings. The van der Waals surface area contributed by atoms with E-state index in [1.165, 1.54) is 13.0 Å². The van der Waals surface area contributed by atoms with E-state index in [0.717, 1.165) is 30.3 Å². The molecule has 0 aliphatic rings. The zero-order valence-electron chi connectivity index (χ0n) is 13.2. The molecule has 1 atom stereocenters. The Balaban J connectivity index is 2.48. The van der Waals surface area contributed by atoms with Gasteiger partial charge in [0, 0.05) is 5.56 Å². The number of carboxylic acid groups (broad SMARTS) is 1. The summed E-state index contributed by atoms with van der Waals surface area (Å²) in [6.07, 6.45) is -4.34. The fourth-order valence-electron chi connectivity index (χ4n) is 2.33. The number of alkyl halides is 3. The summed E-state index contributed by atoms with van der Waals surface area (Å²) >= 11 is 11.7. The maximum absolute atomic E-state index is 14.4. The van der Waals surface area contributed by atoms with Crippen molar-refractivity contribution in [1.82, 2.24) is 0 Å². The van der Waals surface area contributed by atoms with E-state index >= 15 is 0 Å². The van der Waals surface area contributed by atoms with Crippen LogP contribution in [0.5, 0.6) is 0 Å². The van der Waals surface area contributed by atoms with Crippen molar-refractivity contribution in [3.63, 3.8) is 0 Å². The number of hydrogen-bond acceptors (Lipinski definition) is 1. The third-order valence-corrected chi connectivity index (χ3v) is 4.56. The molecule has 0 aliphatic carbocycles. The van der Waals surface area contributed by atoms with E-state index in [-0.39, 0.29) is 26.7 Å². The smallest absolute Gasteiger partial charge is 0.399 e. The molecule has 0 saturated carbocycles. The van der Waals surface area contributed by atoms with Crippen LogP contribution in [0.3, 0.4) is 0 Å². The fraction of sp³-hybridized carbons (Fsp3) is 0.167. The molecule has 2 rings (SSSR count). The lowest BCUT2D eigenvalue weighted by Crippen LogP contribution is -2.19. The first-order valence-electron chi connectivity index (χ1n) is 7.24. The maximum Gasteiger partial charge on any atom is 0.399 e. The molecule has 0 spiro atoms. The van der Waals surface area contributed by atoms with Crippen LogP contribution in [0.25, 0.3) is 5.83 Å². The second-order valence-electron chi connectivity index (χ2n) is 5.55. The van der Waals surface area contributed by atoms with Gasteiger partial charge in [0.25, 0.3) is 0 Å². The zero-order chi connectivity index (χ0) is 19.6. The van der Waals surface area contributed by atoms with Crippen LogP contribution in [0.4, 0.5) is 17.6 Å². The molecule has 0 aromatic heterocycles.